The summed E-state index contributed by atoms with van der Waals surface area (Å²) in [4.78, 5) is 3.42. The van der Waals surface area contributed by atoms with Crippen molar-refractivity contribution in [3.8, 4) is 0 Å². The maximum atomic E-state index is 3.94. The van der Waals surface area contributed by atoms with Gasteiger partial charge in [-0.3, -0.25) is 5.10 Å². The van der Waals surface area contributed by atoms with Crippen LogP contribution in [-0.2, 0) is 19.4 Å². The normalized spacial score (nSPS) is 11.2. The largest absolute Gasteiger partial charge is 0.361 e. The minimum absolute atomic E-state index is 0.836. The van der Waals surface area contributed by atoms with Gasteiger partial charge in [-0.15, -0.1) is 0 Å². The quantitative estimate of drug-likeness (QED) is 0.602. The van der Waals surface area contributed by atoms with Gasteiger partial charge < -0.3 is 10.3 Å². The summed E-state index contributed by atoms with van der Waals surface area (Å²) >= 11 is 0. The lowest BCUT2D eigenvalue weighted by Crippen LogP contribution is -2.16. The molecule has 0 radical (unpaired) electrons. The predicted molar refractivity (Wildman–Crippen MR) is 81.7 cm³/mol. The number of aryl methyl sites for hydroxylation is 1. The second-order valence-electron chi connectivity index (χ2n) is 5.02. The van der Waals surface area contributed by atoms with E-state index in [4.69, 9.17) is 0 Å². The monoisotopic (exact) mass is 268 g/mol. The van der Waals surface area contributed by atoms with Gasteiger partial charge in [0.25, 0.3) is 0 Å². The lowest BCUT2D eigenvalue weighted by Gasteiger charge is -2.03. The highest BCUT2D eigenvalue weighted by atomic mass is 15.1. The summed E-state index contributed by atoms with van der Waals surface area (Å²) in [5, 5.41) is 11.7. The Kier molecular flexibility index (Phi) is 3.83. The first-order chi connectivity index (χ1) is 9.88. The lowest BCUT2D eigenvalue weighted by molar-refractivity contribution is 0.674. The maximum absolute atomic E-state index is 3.94. The van der Waals surface area contributed by atoms with E-state index in [2.05, 4.69) is 51.8 Å². The van der Waals surface area contributed by atoms with E-state index in [1.54, 1.807) is 6.20 Å². The third kappa shape index (κ3) is 2.60. The molecule has 2 heterocycles. The fraction of sp³-hybridized carbons (Fsp3) is 0.312. The summed E-state index contributed by atoms with van der Waals surface area (Å²) in [6.45, 7) is 3.99. The van der Waals surface area contributed by atoms with Crippen LogP contribution < -0.4 is 5.32 Å². The Morgan fingerprint density at radius 2 is 2.15 bits per heavy atom. The summed E-state index contributed by atoms with van der Waals surface area (Å²) in [5.41, 5.74) is 5.18. The van der Waals surface area contributed by atoms with Gasteiger partial charge in [0.2, 0.25) is 0 Å². The average molecular weight is 268 g/mol. The van der Waals surface area contributed by atoms with Gasteiger partial charge in [-0.2, -0.15) is 5.10 Å². The van der Waals surface area contributed by atoms with Crippen molar-refractivity contribution in [3.05, 3.63) is 53.5 Å². The molecular formula is C16H20N4. The predicted octanol–water partition coefficient (Wildman–Crippen LogP) is 2.79. The second kappa shape index (κ2) is 5.92. The van der Waals surface area contributed by atoms with Crippen molar-refractivity contribution in [2.45, 2.75) is 26.3 Å². The van der Waals surface area contributed by atoms with Crippen molar-refractivity contribution in [1.82, 2.24) is 20.5 Å². The zero-order valence-electron chi connectivity index (χ0n) is 11.7. The first kappa shape index (κ1) is 12.9. The van der Waals surface area contributed by atoms with Crippen molar-refractivity contribution in [2.75, 3.05) is 6.54 Å². The molecule has 0 saturated heterocycles. The highest BCUT2D eigenvalue weighted by Gasteiger charge is 2.06. The molecule has 4 nitrogen and oxygen atoms in total. The molecule has 0 aliphatic rings. The number of hydrogen-bond acceptors (Lipinski definition) is 2. The number of hydrogen-bond donors (Lipinski definition) is 3. The molecular weight excluding hydrogens is 248 g/mol. The summed E-state index contributed by atoms with van der Waals surface area (Å²) in [5.74, 6) is 0. The van der Waals surface area contributed by atoms with Crippen LogP contribution in [-0.4, -0.2) is 21.7 Å². The number of fused-ring (bicyclic) bond motifs is 1. The molecule has 4 heteroatoms. The molecule has 0 fully saturated rings. The topological polar surface area (TPSA) is 56.5 Å². The molecule has 0 bridgehead atoms. The van der Waals surface area contributed by atoms with Gasteiger partial charge >= 0.3 is 0 Å². The Hall–Kier alpha value is -2.07. The number of para-hydroxylation sites is 1. The highest BCUT2D eigenvalue weighted by Crippen LogP contribution is 2.22. The average Bonchev–Trinajstić information content (AvgIpc) is 3.13. The minimum Gasteiger partial charge on any atom is -0.361 e. The number of aromatic nitrogens is 3. The third-order valence-corrected chi connectivity index (χ3v) is 3.71. The SMILES string of the molecule is CCc1cccc2c(CCNCc3ccn[nH]3)c[nH]c12. The molecule has 3 rings (SSSR count). The first-order valence-electron chi connectivity index (χ1n) is 7.15. The first-order valence-corrected chi connectivity index (χ1v) is 7.15. The van der Waals surface area contributed by atoms with Crippen LogP contribution in [0.1, 0.15) is 23.7 Å². The summed E-state index contributed by atoms with van der Waals surface area (Å²) in [6.07, 6.45) is 6.02. The van der Waals surface area contributed by atoms with E-state index in [9.17, 15) is 0 Å². The van der Waals surface area contributed by atoms with Gasteiger partial charge in [0.05, 0.1) is 0 Å². The Balaban J connectivity index is 1.63. The fourth-order valence-corrected chi connectivity index (χ4v) is 2.61. The van der Waals surface area contributed by atoms with Crippen LogP contribution in [0.15, 0.2) is 36.7 Å². The molecule has 0 aliphatic carbocycles. The minimum atomic E-state index is 0.836. The number of nitrogens with zero attached hydrogens (tertiary/aromatic N) is 1. The molecule has 0 unspecified atom stereocenters. The molecule has 0 saturated carbocycles. The summed E-state index contributed by atoms with van der Waals surface area (Å²) < 4.78 is 0. The van der Waals surface area contributed by atoms with Crippen molar-refractivity contribution in [2.24, 2.45) is 0 Å². The van der Waals surface area contributed by atoms with Crippen LogP contribution in [0.5, 0.6) is 0 Å². The van der Waals surface area contributed by atoms with E-state index < -0.39 is 0 Å². The van der Waals surface area contributed by atoms with Gasteiger partial charge in [-0.05, 0) is 36.6 Å². The fourth-order valence-electron chi connectivity index (χ4n) is 2.61. The zero-order valence-corrected chi connectivity index (χ0v) is 11.7. The third-order valence-electron chi connectivity index (χ3n) is 3.71. The van der Waals surface area contributed by atoms with E-state index in [0.717, 1.165) is 31.6 Å². The number of aromatic amines is 2. The summed E-state index contributed by atoms with van der Waals surface area (Å²) in [7, 11) is 0. The molecule has 2 aromatic heterocycles. The van der Waals surface area contributed by atoms with Crippen molar-refractivity contribution >= 4 is 10.9 Å². The number of rotatable bonds is 6. The Morgan fingerprint density at radius 1 is 1.20 bits per heavy atom. The van der Waals surface area contributed by atoms with E-state index in [1.165, 1.54) is 22.0 Å². The van der Waals surface area contributed by atoms with Crippen LogP contribution in [0, 0.1) is 0 Å². The molecule has 0 aliphatic heterocycles. The molecule has 3 aromatic rings. The van der Waals surface area contributed by atoms with Crippen LogP contribution in [0.3, 0.4) is 0 Å². The van der Waals surface area contributed by atoms with E-state index >= 15 is 0 Å². The van der Waals surface area contributed by atoms with Gasteiger partial charge in [0.1, 0.15) is 0 Å². The van der Waals surface area contributed by atoms with E-state index in [0.29, 0.717) is 0 Å². The van der Waals surface area contributed by atoms with E-state index in [1.807, 2.05) is 6.07 Å². The van der Waals surface area contributed by atoms with Gasteiger partial charge in [0.15, 0.2) is 0 Å². The Bertz CT molecular complexity index is 667. The highest BCUT2D eigenvalue weighted by molar-refractivity contribution is 5.86. The summed E-state index contributed by atoms with van der Waals surface area (Å²) in [6, 6.07) is 8.54. The van der Waals surface area contributed by atoms with Crippen molar-refractivity contribution < 1.29 is 0 Å². The van der Waals surface area contributed by atoms with Crippen LogP contribution in [0.4, 0.5) is 0 Å². The van der Waals surface area contributed by atoms with E-state index in [-0.39, 0.29) is 0 Å². The van der Waals surface area contributed by atoms with Crippen LogP contribution in [0.25, 0.3) is 10.9 Å². The number of benzene rings is 1. The molecule has 0 atom stereocenters. The smallest absolute Gasteiger partial charge is 0.0490 e. The second-order valence-corrected chi connectivity index (χ2v) is 5.02. The Morgan fingerprint density at radius 3 is 2.95 bits per heavy atom. The number of nitrogens with one attached hydrogen (secondary N) is 3. The lowest BCUT2D eigenvalue weighted by atomic mass is 10.1. The van der Waals surface area contributed by atoms with Crippen molar-refractivity contribution in [3.63, 3.8) is 0 Å². The maximum Gasteiger partial charge on any atom is 0.0490 e. The van der Waals surface area contributed by atoms with Gasteiger partial charge in [-0.1, -0.05) is 25.1 Å². The van der Waals surface area contributed by atoms with Gasteiger partial charge in [0, 0.05) is 35.5 Å². The molecule has 104 valence electrons. The molecule has 0 spiro atoms. The molecule has 20 heavy (non-hydrogen) atoms. The van der Waals surface area contributed by atoms with Crippen molar-refractivity contribution in [1.29, 1.82) is 0 Å². The standard InChI is InChI=1S/C16H20N4/c1-2-12-4-3-5-15-13(10-18-16(12)15)6-8-17-11-14-7-9-19-20-14/h3-5,7,9-10,17-18H,2,6,8,11H2,1H3,(H,19,20). The molecule has 1 aromatic carbocycles. The number of H-pyrrole nitrogens is 2. The van der Waals surface area contributed by atoms with Crippen LogP contribution in [0.2, 0.25) is 0 Å². The van der Waals surface area contributed by atoms with Gasteiger partial charge in [-0.25, -0.2) is 0 Å². The molecule has 3 N–H and O–H groups in total. The molecule has 0 amide bonds. The van der Waals surface area contributed by atoms with Crippen LogP contribution >= 0.6 is 0 Å². The Labute approximate surface area is 118 Å². The zero-order chi connectivity index (χ0) is 13.8.